The van der Waals surface area contributed by atoms with Crippen LogP contribution in [0.1, 0.15) is 20.8 Å². The fraction of sp³-hybridized carbons (Fsp3) is 0.238. The van der Waals surface area contributed by atoms with Crippen LogP contribution in [-0.4, -0.2) is 27.3 Å². The number of carbonyl (C=O) groups excluding carboxylic acids is 2. The Balaban J connectivity index is 2.62. The number of esters is 1. The summed E-state index contributed by atoms with van der Waals surface area (Å²) >= 11 is 0. The molecule has 0 aliphatic carbocycles. The Kier molecular flexibility index (Phi) is 6.09. The predicted molar refractivity (Wildman–Crippen MR) is 107 cm³/mol. The maximum absolute atomic E-state index is 13.0. The maximum atomic E-state index is 13.0. The fourth-order valence-corrected chi connectivity index (χ4v) is 3.56. The van der Waals surface area contributed by atoms with Gasteiger partial charge in [0.2, 0.25) is 15.7 Å². The van der Waals surface area contributed by atoms with E-state index in [9.17, 15) is 18.0 Å². The van der Waals surface area contributed by atoms with Crippen molar-refractivity contribution in [1.29, 1.82) is 0 Å². The number of carbonyl (C=O) groups is 2. The summed E-state index contributed by atoms with van der Waals surface area (Å²) in [5, 5.41) is 0. The van der Waals surface area contributed by atoms with Gasteiger partial charge in [-0.1, -0.05) is 24.8 Å². The summed E-state index contributed by atoms with van der Waals surface area (Å²) in [4.78, 5) is 25.5. The van der Waals surface area contributed by atoms with Crippen molar-refractivity contribution in [2.24, 2.45) is 5.41 Å². The lowest BCUT2D eigenvalue weighted by Gasteiger charge is -2.20. The second-order valence-electron chi connectivity index (χ2n) is 7.22. The van der Waals surface area contributed by atoms with E-state index in [2.05, 4.69) is 6.58 Å². The van der Waals surface area contributed by atoms with Crippen molar-refractivity contribution >= 4 is 27.4 Å². The third-order valence-electron chi connectivity index (χ3n) is 3.94. The van der Waals surface area contributed by atoms with E-state index in [0.29, 0.717) is 0 Å². The number of sulfone groups is 1. The monoisotopic (exact) mass is 401 g/mol. The molecular formula is C21H23NO5S. The summed E-state index contributed by atoms with van der Waals surface area (Å²) in [7, 11) is -2.40. The van der Waals surface area contributed by atoms with Gasteiger partial charge in [0.05, 0.1) is 15.2 Å². The minimum atomic E-state index is -3.88. The van der Waals surface area contributed by atoms with E-state index >= 15 is 0 Å². The van der Waals surface area contributed by atoms with Crippen LogP contribution in [0.4, 0.5) is 5.69 Å². The second-order valence-corrected chi connectivity index (χ2v) is 9.17. The Morgan fingerprint density at radius 1 is 1.04 bits per heavy atom. The van der Waals surface area contributed by atoms with E-state index in [-0.39, 0.29) is 21.2 Å². The first-order chi connectivity index (χ1) is 13.0. The summed E-state index contributed by atoms with van der Waals surface area (Å²) in [5.41, 5.74) is -0.518. The van der Waals surface area contributed by atoms with Crippen molar-refractivity contribution in [2.45, 2.75) is 30.6 Å². The van der Waals surface area contributed by atoms with Gasteiger partial charge in [0.15, 0.2) is 0 Å². The fourth-order valence-electron chi connectivity index (χ4n) is 2.22. The van der Waals surface area contributed by atoms with Crippen molar-refractivity contribution in [2.75, 3.05) is 11.9 Å². The molecule has 148 valence electrons. The third kappa shape index (κ3) is 4.67. The number of hydrogen-bond donors (Lipinski definition) is 0. The molecule has 6 nitrogen and oxygen atoms in total. The molecule has 0 aliphatic rings. The number of likely N-dealkylation sites (N-methyl/N-ethyl adjacent to an activating group) is 1. The lowest BCUT2D eigenvalue weighted by molar-refractivity contribution is -0.143. The first-order valence-corrected chi connectivity index (χ1v) is 10.0. The van der Waals surface area contributed by atoms with E-state index < -0.39 is 27.1 Å². The molecule has 2 aromatic rings. The van der Waals surface area contributed by atoms with Crippen LogP contribution >= 0.6 is 0 Å². The number of benzene rings is 2. The van der Waals surface area contributed by atoms with Crippen molar-refractivity contribution < 1.29 is 22.7 Å². The van der Waals surface area contributed by atoms with Crippen LogP contribution in [-0.2, 0) is 19.4 Å². The number of anilines is 1. The molecule has 7 heteroatoms. The molecule has 0 atom stereocenters. The van der Waals surface area contributed by atoms with Crippen molar-refractivity contribution in [3.05, 3.63) is 61.2 Å². The molecular weight excluding hydrogens is 378 g/mol. The Bertz CT molecular complexity index is 1000. The lowest BCUT2D eigenvalue weighted by atomic mass is 9.97. The molecule has 0 spiro atoms. The zero-order chi connectivity index (χ0) is 21.1. The average Bonchev–Trinajstić information content (AvgIpc) is 2.66. The summed E-state index contributed by atoms with van der Waals surface area (Å²) in [6.45, 7) is 8.50. The van der Waals surface area contributed by atoms with Crippen LogP contribution in [0, 0.1) is 5.41 Å². The highest BCUT2D eigenvalue weighted by Crippen LogP contribution is 2.31. The number of nitrogens with zero attached hydrogens (tertiary/aromatic N) is 1. The molecule has 1 amide bonds. The molecule has 0 saturated carbocycles. The topological polar surface area (TPSA) is 80.8 Å². The molecule has 0 heterocycles. The van der Waals surface area contributed by atoms with Crippen LogP contribution in [0.15, 0.2) is 71.0 Å². The highest BCUT2D eigenvalue weighted by atomic mass is 32.2. The number of amides is 1. The van der Waals surface area contributed by atoms with Gasteiger partial charge in [-0.2, -0.15) is 0 Å². The van der Waals surface area contributed by atoms with E-state index in [0.717, 1.165) is 6.08 Å². The molecule has 0 aliphatic heterocycles. The first-order valence-electron chi connectivity index (χ1n) is 8.54. The SMILES string of the molecule is C=CC(=O)N(C)c1cc(OC(=O)C(C)(C)C)cc(S(=O)(=O)c2ccccc2)c1. The predicted octanol–water partition coefficient (Wildman–Crippen LogP) is 3.62. The van der Waals surface area contributed by atoms with E-state index in [1.807, 2.05) is 0 Å². The van der Waals surface area contributed by atoms with Gasteiger partial charge in [0, 0.05) is 24.9 Å². The lowest BCUT2D eigenvalue weighted by Crippen LogP contribution is -2.26. The minimum Gasteiger partial charge on any atom is -0.426 e. The van der Waals surface area contributed by atoms with Crippen molar-refractivity contribution in [1.82, 2.24) is 0 Å². The molecule has 2 aromatic carbocycles. The molecule has 0 N–H and O–H groups in total. The Morgan fingerprint density at radius 3 is 2.18 bits per heavy atom. The highest BCUT2D eigenvalue weighted by Gasteiger charge is 2.26. The molecule has 0 bridgehead atoms. The number of hydrogen-bond acceptors (Lipinski definition) is 5. The number of rotatable bonds is 5. The Labute approximate surface area is 165 Å². The van der Waals surface area contributed by atoms with Gasteiger partial charge in [0.1, 0.15) is 5.75 Å². The summed E-state index contributed by atoms with van der Waals surface area (Å²) in [6, 6.07) is 12.0. The largest absolute Gasteiger partial charge is 0.426 e. The van der Waals surface area contributed by atoms with E-state index in [4.69, 9.17) is 4.74 Å². The van der Waals surface area contributed by atoms with Crippen LogP contribution in [0.5, 0.6) is 5.75 Å². The summed E-state index contributed by atoms with van der Waals surface area (Å²) in [6.07, 6.45) is 1.11. The molecule has 28 heavy (non-hydrogen) atoms. The highest BCUT2D eigenvalue weighted by molar-refractivity contribution is 7.91. The van der Waals surface area contributed by atoms with Crippen molar-refractivity contribution in [3.63, 3.8) is 0 Å². The minimum absolute atomic E-state index is 0.0376. The van der Waals surface area contributed by atoms with Crippen LogP contribution in [0.25, 0.3) is 0 Å². The summed E-state index contributed by atoms with van der Waals surface area (Å²) < 4.78 is 31.4. The van der Waals surface area contributed by atoms with Gasteiger partial charge in [0.25, 0.3) is 0 Å². The van der Waals surface area contributed by atoms with Crippen molar-refractivity contribution in [3.8, 4) is 5.75 Å². The molecule has 0 aromatic heterocycles. The zero-order valence-electron chi connectivity index (χ0n) is 16.3. The van der Waals surface area contributed by atoms with Gasteiger partial charge in [-0.05, 0) is 45.0 Å². The van der Waals surface area contributed by atoms with Crippen LogP contribution in [0.2, 0.25) is 0 Å². The molecule has 0 unspecified atom stereocenters. The Hall–Kier alpha value is -2.93. The Morgan fingerprint density at radius 2 is 1.64 bits per heavy atom. The van der Waals surface area contributed by atoms with Gasteiger partial charge >= 0.3 is 5.97 Å². The quantitative estimate of drug-likeness (QED) is 0.434. The zero-order valence-corrected chi connectivity index (χ0v) is 17.1. The first kappa shape index (κ1) is 21.4. The molecule has 0 fully saturated rings. The third-order valence-corrected chi connectivity index (χ3v) is 5.69. The standard InChI is InChI=1S/C21H23NO5S/c1-6-19(23)22(5)15-12-16(27-20(24)21(2,3)4)14-18(13-15)28(25,26)17-10-8-7-9-11-17/h6-14H,1H2,2-5H3. The van der Waals surface area contributed by atoms with Gasteiger partial charge < -0.3 is 9.64 Å². The normalized spacial score (nSPS) is 11.6. The van der Waals surface area contributed by atoms with Crippen LogP contribution in [0.3, 0.4) is 0 Å². The molecule has 2 rings (SSSR count). The van der Waals surface area contributed by atoms with Crippen LogP contribution < -0.4 is 9.64 Å². The second kappa shape index (κ2) is 7.98. The summed E-state index contributed by atoms with van der Waals surface area (Å²) in [5.74, 6) is -0.914. The van der Waals surface area contributed by atoms with Gasteiger partial charge in [-0.15, -0.1) is 0 Å². The van der Waals surface area contributed by atoms with E-state index in [1.54, 1.807) is 39.0 Å². The van der Waals surface area contributed by atoms with Gasteiger partial charge in [-0.3, -0.25) is 9.59 Å². The maximum Gasteiger partial charge on any atom is 0.316 e. The van der Waals surface area contributed by atoms with E-state index in [1.165, 1.54) is 42.3 Å². The molecule has 0 saturated heterocycles. The van der Waals surface area contributed by atoms with Gasteiger partial charge in [-0.25, -0.2) is 8.42 Å². The molecule has 0 radical (unpaired) electrons. The smallest absolute Gasteiger partial charge is 0.316 e. The average molecular weight is 401 g/mol. The number of ether oxygens (including phenoxy) is 1.